The van der Waals surface area contributed by atoms with Crippen LogP contribution < -0.4 is 4.90 Å². The normalized spacial score (nSPS) is 12.3. The minimum Gasteiger partial charge on any atom is -0.464 e. The molecule has 1 unspecified atom stereocenters. The number of benzene rings is 3. The van der Waals surface area contributed by atoms with E-state index in [4.69, 9.17) is 9.40 Å². The van der Waals surface area contributed by atoms with Crippen LogP contribution in [0.4, 0.5) is 10.8 Å². The highest BCUT2D eigenvalue weighted by Gasteiger charge is 2.24. The van der Waals surface area contributed by atoms with Gasteiger partial charge < -0.3 is 9.52 Å². The van der Waals surface area contributed by atoms with Gasteiger partial charge in [-0.3, -0.25) is 9.69 Å². The van der Waals surface area contributed by atoms with Crippen molar-refractivity contribution < 1.29 is 14.3 Å². The monoisotopic (exact) mass is 456 g/mol. The summed E-state index contributed by atoms with van der Waals surface area (Å²) in [6.07, 6.45) is 2.15. The number of aromatic nitrogens is 1. The number of hydrogen-bond donors (Lipinski definition) is 1. The van der Waals surface area contributed by atoms with Gasteiger partial charge in [-0.15, -0.1) is 0 Å². The number of aliphatic hydroxyl groups is 1. The molecule has 6 heteroatoms. The summed E-state index contributed by atoms with van der Waals surface area (Å²) in [5, 5.41) is 13.1. The fourth-order valence-corrected chi connectivity index (χ4v) is 5.05. The number of aryl methyl sites for hydroxylation is 1. The quantitative estimate of drug-likeness (QED) is 0.223. The summed E-state index contributed by atoms with van der Waals surface area (Å²) in [6.45, 7) is 3.66. The second kappa shape index (κ2) is 8.81. The molecule has 5 nitrogen and oxygen atoms in total. The number of thiazole rings is 1. The van der Waals surface area contributed by atoms with Crippen LogP contribution in [0, 0.1) is 0 Å². The van der Waals surface area contributed by atoms with E-state index in [9.17, 15) is 9.90 Å². The topological polar surface area (TPSA) is 66.6 Å². The molecule has 5 rings (SSSR count). The molecule has 5 aromatic rings. The molecule has 1 N–H and O–H groups in total. The summed E-state index contributed by atoms with van der Waals surface area (Å²) in [5.74, 6) is 0.00458. The first-order valence-electron chi connectivity index (χ1n) is 11.0. The van der Waals surface area contributed by atoms with E-state index >= 15 is 0 Å². The Kier molecular flexibility index (Phi) is 5.70. The van der Waals surface area contributed by atoms with Crippen LogP contribution in [0.15, 0.2) is 77.4 Å². The van der Waals surface area contributed by atoms with Crippen LogP contribution in [0.1, 0.15) is 35.3 Å². The van der Waals surface area contributed by atoms with Crippen LogP contribution in [0.5, 0.6) is 0 Å². The molecule has 166 valence electrons. The Balaban J connectivity index is 1.54. The Morgan fingerprint density at radius 3 is 2.64 bits per heavy atom. The number of anilines is 2. The number of ketones is 1. The number of fused-ring (bicyclic) bond motifs is 2. The summed E-state index contributed by atoms with van der Waals surface area (Å²) in [7, 11) is 0. The molecular weight excluding hydrogens is 432 g/mol. The van der Waals surface area contributed by atoms with Gasteiger partial charge in [0.1, 0.15) is 11.8 Å². The van der Waals surface area contributed by atoms with E-state index in [1.54, 1.807) is 25.3 Å². The molecule has 2 aromatic heterocycles. The molecule has 0 saturated carbocycles. The number of aliphatic hydroxyl groups excluding tert-OH is 1. The first kappa shape index (κ1) is 21.4. The highest BCUT2D eigenvalue weighted by molar-refractivity contribution is 7.22. The maximum absolute atomic E-state index is 11.7. The number of carbonyl (C=O) groups is 1. The molecule has 33 heavy (non-hydrogen) atoms. The number of rotatable bonds is 7. The third-order valence-electron chi connectivity index (χ3n) is 5.87. The lowest BCUT2D eigenvalue weighted by Gasteiger charge is -2.27. The van der Waals surface area contributed by atoms with Crippen molar-refractivity contribution >= 4 is 49.1 Å². The van der Waals surface area contributed by atoms with Gasteiger partial charge in [-0.25, -0.2) is 4.98 Å². The van der Waals surface area contributed by atoms with Gasteiger partial charge in [0.15, 0.2) is 10.9 Å². The summed E-state index contributed by atoms with van der Waals surface area (Å²) < 4.78 is 6.84. The molecule has 0 aliphatic heterocycles. The average molecular weight is 457 g/mol. The van der Waals surface area contributed by atoms with Gasteiger partial charge in [0.2, 0.25) is 0 Å². The molecule has 2 heterocycles. The SMILES string of the molecule is CCc1ccc2c(CC(O)N(c3ccc(C(C)=O)cc3)c3nc4ccccc4s3)coc2c1. The minimum atomic E-state index is -0.875. The van der Waals surface area contributed by atoms with E-state index in [1.165, 1.54) is 16.9 Å². The van der Waals surface area contributed by atoms with Gasteiger partial charge in [-0.1, -0.05) is 42.5 Å². The second-order valence-electron chi connectivity index (χ2n) is 8.07. The standard InChI is InChI=1S/C27H24N2O3S/c1-3-18-8-13-22-20(16-32-24(22)14-18)15-26(31)29(21-11-9-19(10-12-21)17(2)30)27-28-23-6-4-5-7-25(23)33-27/h4-14,16,26,31H,3,15H2,1-2H3. The smallest absolute Gasteiger partial charge is 0.193 e. The van der Waals surface area contributed by atoms with Crippen molar-refractivity contribution in [3.05, 3.63) is 89.7 Å². The fraction of sp³-hybridized carbons (Fsp3) is 0.185. The first-order chi connectivity index (χ1) is 16.0. The predicted octanol–water partition coefficient (Wildman–Crippen LogP) is 6.51. The Bertz CT molecular complexity index is 1400. The summed E-state index contributed by atoms with van der Waals surface area (Å²) >= 11 is 1.52. The molecule has 0 spiro atoms. The number of carbonyl (C=O) groups excluding carboxylic acids is 1. The van der Waals surface area contributed by atoms with Crippen LogP contribution in [-0.2, 0) is 12.8 Å². The molecule has 0 bridgehead atoms. The molecule has 0 radical (unpaired) electrons. The molecule has 3 aromatic carbocycles. The summed E-state index contributed by atoms with van der Waals surface area (Å²) in [6, 6.07) is 21.4. The largest absolute Gasteiger partial charge is 0.464 e. The molecule has 0 amide bonds. The highest BCUT2D eigenvalue weighted by atomic mass is 32.1. The van der Waals surface area contributed by atoms with E-state index in [1.807, 2.05) is 41.3 Å². The zero-order valence-corrected chi connectivity index (χ0v) is 19.3. The van der Waals surface area contributed by atoms with Gasteiger partial charge in [0.25, 0.3) is 0 Å². The molecule has 0 aliphatic carbocycles. The van der Waals surface area contributed by atoms with Crippen LogP contribution in [0.2, 0.25) is 0 Å². The van der Waals surface area contributed by atoms with Gasteiger partial charge in [-0.05, 0) is 61.4 Å². The third-order valence-corrected chi connectivity index (χ3v) is 6.91. The zero-order valence-electron chi connectivity index (χ0n) is 18.5. The maximum Gasteiger partial charge on any atom is 0.193 e. The maximum atomic E-state index is 11.7. The Morgan fingerprint density at radius 1 is 1.12 bits per heavy atom. The van der Waals surface area contributed by atoms with Crippen molar-refractivity contribution in [2.75, 3.05) is 4.90 Å². The lowest BCUT2D eigenvalue weighted by molar-refractivity contribution is 0.101. The average Bonchev–Trinajstić information content (AvgIpc) is 3.43. The Morgan fingerprint density at radius 2 is 1.91 bits per heavy atom. The Labute approximate surface area is 195 Å². The van der Waals surface area contributed by atoms with Gasteiger partial charge in [-0.2, -0.15) is 0 Å². The van der Waals surface area contributed by atoms with Crippen LogP contribution in [-0.4, -0.2) is 22.1 Å². The second-order valence-corrected chi connectivity index (χ2v) is 9.08. The number of para-hydroxylation sites is 1. The van der Waals surface area contributed by atoms with Crippen molar-refractivity contribution in [3.63, 3.8) is 0 Å². The van der Waals surface area contributed by atoms with E-state index in [2.05, 4.69) is 25.1 Å². The van der Waals surface area contributed by atoms with Gasteiger partial charge in [0, 0.05) is 28.6 Å². The van der Waals surface area contributed by atoms with E-state index in [0.29, 0.717) is 17.1 Å². The first-order valence-corrected chi connectivity index (χ1v) is 11.8. The minimum absolute atomic E-state index is 0.00458. The lowest BCUT2D eigenvalue weighted by atomic mass is 10.1. The molecular formula is C27H24N2O3S. The zero-order chi connectivity index (χ0) is 22.9. The summed E-state index contributed by atoms with van der Waals surface area (Å²) in [5.41, 5.74) is 5.26. The van der Waals surface area contributed by atoms with Crippen molar-refractivity contribution in [1.29, 1.82) is 0 Å². The number of furan rings is 1. The third kappa shape index (κ3) is 4.15. The van der Waals surface area contributed by atoms with Crippen LogP contribution >= 0.6 is 11.3 Å². The van der Waals surface area contributed by atoms with Crippen molar-refractivity contribution in [2.24, 2.45) is 0 Å². The molecule has 1 atom stereocenters. The van der Waals surface area contributed by atoms with Crippen LogP contribution in [0.3, 0.4) is 0 Å². The molecule has 0 saturated heterocycles. The van der Waals surface area contributed by atoms with Crippen molar-refractivity contribution in [2.45, 2.75) is 32.9 Å². The fourth-order valence-electron chi connectivity index (χ4n) is 4.02. The van der Waals surface area contributed by atoms with Gasteiger partial charge >= 0.3 is 0 Å². The van der Waals surface area contributed by atoms with Crippen molar-refractivity contribution in [3.8, 4) is 0 Å². The lowest BCUT2D eigenvalue weighted by Crippen LogP contribution is -2.32. The molecule has 0 aliphatic rings. The van der Waals surface area contributed by atoms with Crippen molar-refractivity contribution in [1.82, 2.24) is 4.98 Å². The van der Waals surface area contributed by atoms with E-state index in [-0.39, 0.29) is 5.78 Å². The number of nitrogens with zero attached hydrogens (tertiary/aromatic N) is 2. The molecule has 0 fully saturated rings. The Hall–Kier alpha value is -3.48. The van der Waals surface area contributed by atoms with Crippen LogP contribution in [0.25, 0.3) is 21.2 Å². The summed E-state index contributed by atoms with van der Waals surface area (Å²) in [4.78, 5) is 18.3. The van der Waals surface area contributed by atoms with E-state index in [0.717, 1.165) is 38.9 Å². The highest BCUT2D eigenvalue weighted by Crippen LogP contribution is 2.36. The van der Waals surface area contributed by atoms with E-state index < -0.39 is 6.23 Å². The number of Topliss-reactive ketones (excluding diaryl/α,β-unsaturated/α-hetero) is 1. The number of hydrogen-bond acceptors (Lipinski definition) is 6. The predicted molar refractivity (Wildman–Crippen MR) is 134 cm³/mol. The van der Waals surface area contributed by atoms with Gasteiger partial charge in [0.05, 0.1) is 16.5 Å².